The minimum Gasteiger partial charge on any atom is -0.347 e. The predicted molar refractivity (Wildman–Crippen MR) is 118 cm³/mol. The summed E-state index contributed by atoms with van der Waals surface area (Å²) in [5, 5.41) is 2.85. The second kappa shape index (κ2) is 9.84. The fourth-order valence-corrected chi connectivity index (χ4v) is 3.26. The van der Waals surface area contributed by atoms with Crippen molar-refractivity contribution in [2.24, 2.45) is 0 Å². The van der Waals surface area contributed by atoms with Crippen molar-refractivity contribution >= 4 is 17.6 Å². The molecule has 2 amide bonds. The molecule has 3 rings (SSSR count). The topological polar surface area (TPSA) is 84.3 Å². The fraction of sp³-hybridized carbons (Fsp3) is 0.250. The first-order chi connectivity index (χ1) is 14.9. The van der Waals surface area contributed by atoms with Crippen molar-refractivity contribution in [3.05, 3.63) is 90.0 Å². The van der Waals surface area contributed by atoms with E-state index >= 15 is 0 Å². The smallest absolute Gasteiger partial charge is 0.246 e. The lowest BCUT2D eigenvalue weighted by Gasteiger charge is -2.24. The van der Waals surface area contributed by atoms with Crippen LogP contribution in [0.4, 0.5) is 0 Å². The number of likely N-dealkylation sites (N-methyl/N-ethyl adjacent to an activating group) is 1. The van der Waals surface area contributed by atoms with Crippen LogP contribution in [0.15, 0.2) is 73.3 Å². The molecule has 7 nitrogen and oxygen atoms in total. The summed E-state index contributed by atoms with van der Waals surface area (Å²) in [7, 11) is 3.30. The van der Waals surface area contributed by atoms with Crippen LogP contribution in [0.3, 0.4) is 0 Å². The van der Waals surface area contributed by atoms with Gasteiger partial charge in [-0.15, -0.1) is 0 Å². The Morgan fingerprint density at radius 3 is 2.39 bits per heavy atom. The second-order valence-electron chi connectivity index (χ2n) is 7.60. The molecule has 1 N–H and O–H groups in total. The Morgan fingerprint density at radius 1 is 1.03 bits per heavy atom. The number of rotatable bonds is 8. The van der Waals surface area contributed by atoms with Gasteiger partial charge in [-0.1, -0.05) is 48.5 Å². The lowest BCUT2D eigenvalue weighted by atomic mass is 9.95. The van der Waals surface area contributed by atoms with Crippen LogP contribution >= 0.6 is 0 Å². The molecule has 2 atom stereocenters. The van der Waals surface area contributed by atoms with Crippen LogP contribution in [-0.2, 0) is 16.1 Å². The molecule has 0 aliphatic heterocycles. The average Bonchev–Trinajstić information content (AvgIpc) is 3.30. The Hall–Kier alpha value is -3.74. The van der Waals surface area contributed by atoms with Gasteiger partial charge < -0.3 is 14.8 Å². The van der Waals surface area contributed by atoms with Crippen LogP contribution in [-0.4, -0.2) is 52.2 Å². The van der Waals surface area contributed by atoms with Gasteiger partial charge in [0.05, 0.1) is 18.8 Å². The number of benzene rings is 2. The molecule has 0 saturated heterocycles. The van der Waals surface area contributed by atoms with E-state index in [-0.39, 0.29) is 24.1 Å². The number of imidazole rings is 1. The Bertz CT molecular complexity index is 1050. The van der Waals surface area contributed by atoms with E-state index in [1.165, 1.54) is 4.90 Å². The normalized spacial score (nSPS) is 12.6. The minimum absolute atomic E-state index is 0.101. The molecule has 0 spiro atoms. The molecule has 1 aromatic heterocycles. The molecule has 7 heteroatoms. The van der Waals surface area contributed by atoms with Crippen LogP contribution in [0.5, 0.6) is 0 Å². The van der Waals surface area contributed by atoms with Crippen LogP contribution in [0.1, 0.15) is 34.3 Å². The average molecular weight is 418 g/mol. The highest BCUT2D eigenvalue weighted by atomic mass is 16.2. The van der Waals surface area contributed by atoms with Gasteiger partial charge in [-0.2, -0.15) is 0 Å². The SMILES string of the molecule is C[C@H](C(=O)N[C@@H](Cn1ccnc1)C(=O)N(C)C)c1cccc(C(=O)c2ccccc2)c1. The maximum absolute atomic E-state index is 13.0. The number of carbonyl (C=O) groups is 3. The van der Waals surface area contributed by atoms with E-state index in [9.17, 15) is 14.4 Å². The summed E-state index contributed by atoms with van der Waals surface area (Å²) in [4.78, 5) is 43.8. The number of amides is 2. The van der Waals surface area contributed by atoms with Crippen molar-refractivity contribution in [3.8, 4) is 0 Å². The number of carbonyl (C=O) groups excluding carboxylic acids is 3. The zero-order chi connectivity index (χ0) is 22.4. The zero-order valence-corrected chi connectivity index (χ0v) is 17.9. The molecule has 3 aromatic rings. The van der Waals surface area contributed by atoms with Crippen LogP contribution < -0.4 is 5.32 Å². The first kappa shape index (κ1) is 22.0. The lowest BCUT2D eigenvalue weighted by molar-refractivity contribution is -0.135. The third kappa shape index (κ3) is 5.45. The largest absolute Gasteiger partial charge is 0.347 e. The van der Waals surface area contributed by atoms with Gasteiger partial charge in [0.1, 0.15) is 6.04 Å². The van der Waals surface area contributed by atoms with Crippen molar-refractivity contribution in [2.45, 2.75) is 25.4 Å². The van der Waals surface area contributed by atoms with Gasteiger partial charge in [0.2, 0.25) is 11.8 Å². The van der Waals surface area contributed by atoms with E-state index in [4.69, 9.17) is 0 Å². The second-order valence-corrected chi connectivity index (χ2v) is 7.60. The molecule has 0 aliphatic carbocycles. The van der Waals surface area contributed by atoms with E-state index in [1.807, 2.05) is 24.3 Å². The summed E-state index contributed by atoms with van der Waals surface area (Å²) < 4.78 is 1.75. The number of hydrogen-bond donors (Lipinski definition) is 1. The first-order valence-corrected chi connectivity index (χ1v) is 10.0. The maximum Gasteiger partial charge on any atom is 0.246 e. The van der Waals surface area contributed by atoms with E-state index in [1.54, 1.807) is 74.6 Å². The van der Waals surface area contributed by atoms with Crippen molar-refractivity contribution in [3.63, 3.8) is 0 Å². The summed E-state index contributed by atoms with van der Waals surface area (Å²) >= 11 is 0. The molecule has 1 heterocycles. The predicted octanol–water partition coefficient (Wildman–Crippen LogP) is 2.49. The van der Waals surface area contributed by atoms with E-state index in [0.29, 0.717) is 16.7 Å². The van der Waals surface area contributed by atoms with Crippen LogP contribution in [0.2, 0.25) is 0 Å². The van der Waals surface area contributed by atoms with E-state index in [0.717, 1.165) is 0 Å². The molecule has 0 unspecified atom stereocenters. The summed E-state index contributed by atoms with van der Waals surface area (Å²) in [6.07, 6.45) is 4.96. The Kier molecular flexibility index (Phi) is 6.97. The molecule has 31 heavy (non-hydrogen) atoms. The minimum atomic E-state index is -0.728. The summed E-state index contributed by atoms with van der Waals surface area (Å²) in [5.74, 6) is -1.13. The number of hydrogen-bond acceptors (Lipinski definition) is 4. The van der Waals surface area contributed by atoms with Gasteiger partial charge in [0.15, 0.2) is 5.78 Å². The molecule has 2 aromatic carbocycles. The van der Waals surface area contributed by atoms with E-state index < -0.39 is 12.0 Å². The highest BCUT2D eigenvalue weighted by Crippen LogP contribution is 2.19. The third-order valence-corrected chi connectivity index (χ3v) is 5.09. The molecule has 0 aliphatic rings. The van der Waals surface area contributed by atoms with E-state index in [2.05, 4.69) is 10.3 Å². The number of nitrogens with one attached hydrogen (secondary N) is 1. The van der Waals surface area contributed by atoms with Crippen LogP contribution in [0.25, 0.3) is 0 Å². The van der Waals surface area contributed by atoms with Crippen LogP contribution in [0, 0.1) is 0 Å². The molecular weight excluding hydrogens is 392 g/mol. The molecule has 160 valence electrons. The maximum atomic E-state index is 13.0. The van der Waals surface area contributed by atoms with Crippen molar-refractivity contribution in [2.75, 3.05) is 14.1 Å². The molecule has 0 saturated carbocycles. The number of aromatic nitrogens is 2. The molecular formula is C24H26N4O3. The summed E-state index contributed by atoms with van der Waals surface area (Å²) in [6.45, 7) is 2.04. The lowest BCUT2D eigenvalue weighted by Crippen LogP contribution is -2.49. The number of nitrogens with zero attached hydrogens (tertiary/aromatic N) is 3. The Morgan fingerprint density at radius 2 is 1.74 bits per heavy atom. The van der Waals surface area contributed by atoms with Crippen molar-refractivity contribution in [1.29, 1.82) is 0 Å². The third-order valence-electron chi connectivity index (χ3n) is 5.09. The van der Waals surface area contributed by atoms with Crippen molar-refractivity contribution < 1.29 is 14.4 Å². The summed E-state index contributed by atoms with van der Waals surface area (Å²) in [6, 6.07) is 15.3. The fourth-order valence-electron chi connectivity index (χ4n) is 3.26. The highest BCUT2D eigenvalue weighted by molar-refractivity contribution is 6.09. The Balaban J connectivity index is 1.76. The monoisotopic (exact) mass is 418 g/mol. The van der Waals surface area contributed by atoms with Gasteiger partial charge in [-0.25, -0.2) is 4.98 Å². The van der Waals surface area contributed by atoms with Gasteiger partial charge in [0.25, 0.3) is 0 Å². The quantitative estimate of drug-likeness (QED) is 0.570. The standard InChI is InChI=1S/C24H26N4O3/c1-17(19-10-7-11-20(14-19)22(29)18-8-5-4-6-9-18)23(30)26-21(24(31)27(2)3)15-28-13-12-25-16-28/h4-14,16-17,21H,15H2,1-3H3,(H,26,30)/t17-,21-/m0/s1. The molecule has 0 bridgehead atoms. The molecule has 0 fully saturated rings. The van der Waals surface area contributed by atoms with Gasteiger partial charge in [-0.3, -0.25) is 14.4 Å². The first-order valence-electron chi connectivity index (χ1n) is 10.0. The number of ketones is 1. The Labute approximate surface area is 181 Å². The van der Waals surface area contributed by atoms with Crippen molar-refractivity contribution in [1.82, 2.24) is 19.8 Å². The zero-order valence-electron chi connectivity index (χ0n) is 17.9. The van der Waals surface area contributed by atoms with Gasteiger partial charge in [-0.05, 0) is 18.6 Å². The summed E-state index contributed by atoms with van der Waals surface area (Å²) in [5.41, 5.74) is 1.81. The molecule has 0 radical (unpaired) electrons. The highest BCUT2D eigenvalue weighted by Gasteiger charge is 2.26. The van der Waals surface area contributed by atoms with Gasteiger partial charge in [0, 0.05) is 37.6 Å². The van der Waals surface area contributed by atoms with Gasteiger partial charge >= 0.3 is 0 Å².